The maximum atomic E-state index is 12.8. The van der Waals surface area contributed by atoms with Crippen LogP contribution < -0.4 is 9.46 Å². The van der Waals surface area contributed by atoms with Crippen LogP contribution >= 0.6 is 0 Å². The summed E-state index contributed by atoms with van der Waals surface area (Å²) in [4.78, 5) is 10.5. The van der Waals surface area contributed by atoms with Crippen molar-refractivity contribution in [3.05, 3.63) is 41.7 Å². The molecule has 0 unspecified atom stereocenters. The van der Waals surface area contributed by atoms with Crippen LogP contribution in [0.3, 0.4) is 0 Å². The van der Waals surface area contributed by atoms with Gasteiger partial charge in [0.1, 0.15) is 4.90 Å². The monoisotopic (exact) mass is 426 g/mol. The summed E-state index contributed by atoms with van der Waals surface area (Å²) in [5, 5.41) is 10.5. The zero-order valence-electron chi connectivity index (χ0n) is 15.9. The molecule has 2 aromatic heterocycles. The number of methoxy groups -OCH3 is 1. The number of ether oxygens (including phenoxy) is 1. The minimum absolute atomic E-state index is 0.0472. The highest BCUT2D eigenvalue weighted by molar-refractivity contribution is 7.93. The third kappa shape index (κ3) is 4.46. The first-order valence-corrected chi connectivity index (χ1v) is 10.0. The number of benzene rings is 1. The van der Waals surface area contributed by atoms with E-state index in [-0.39, 0.29) is 22.3 Å². The molecule has 0 aliphatic rings. The Hall–Kier alpha value is -2.79. The molecular formula is C18H20F2N4O4S. The number of fused-ring (bicyclic) bond motifs is 1. The number of alkyl halides is 2. The van der Waals surface area contributed by atoms with Gasteiger partial charge in [0, 0.05) is 35.3 Å². The van der Waals surface area contributed by atoms with Crippen LogP contribution in [-0.2, 0) is 22.0 Å². The Kier molecular flexibility index (Phi) is 5.46. The molecule has 0 aliphatic heterocycles. The number of anilines is 1. The Morgan fingerprint density at radius 1 is 1.34 bits per heavy atom. The average Bonchev–Trinajstić information content (AvgIpc) is 3.05. The third-order valence-electron chi connectivity index (χ3n) is 4.26. The number of aromatic nitrogens is 3. The van der Waals surface area contributed by atoms with Crippen LogP contribution in [0.2, 0.25) is 0 Å². The predicted molar refractivity (Wildman–Crippen MR) is 103 cm³/mol. The number of H-pyrrole nitrogens is 1. The van der Waals surface area contributed by atoms with Crippen molar-refractivity contribution in [2.24, 2.45) is 0 Å². The van der Waals surface area contributed by atoms with Gasteiger partial charge in [-0.05, 0) is 25.5 Å². The number of hydrogen-bond acceptors (Lipinski definition) is 6. The van der Waals surface area contributed by atoms with Gasteiger partial charge in [0.05, 0.1) is 12.7 Å². The van der Waals surface area contributed by atoms with Gasteiger partial charge in [-0.2, -0.15) is 4.98 Å². The Morgan fingerprint density at radius 3 is 2.69 bits per heavy atom. The van der Waals surface area contributed by atoms with Gasteiger partial charge < -0.3 is 14.8 Å². The number of hydrogen-bond donors (Lipinski definition) is 3. The van der Waals surface area contributed by atoms with Crippen molar-refractivity contribution in [1.29, 1.82) is 0 Å². The normalized spacial score (nSPS) is 12.5. The highest BCUT2D eigenvalue weighted by Gasteiger charge is 2.23. The maximum Gasteiger partial charge on any atom is 0.266 e. The first kappa shape index (κ1) is 20.9. The molecule has 0 fully saturated rings. The van der Waals surface area contributed by atoms with Crippen molar-refractivity contribution < 1.29 is 27.0 Å². The topological polar surface area (TPSA) is 117 Å². The molecule has 8 nitrogen and oxygen atoms in total. The van der Waals surface area contributed by atoms with E-state index in [0.29, 0.717) is 16.5 Å². The molecule has 0 saturated heterocycles. The molecule has 2 heterocycles. The van der Waals surface area contributed by atoms with Gasteiger partial charge in [0.2, 0.25) is 18.3 Å². The molecule has 0 aliphatic carbocycles. The fraction of sp³-hybridized carbons (Fsp3) is 0.333. The first-order valence-electron chi connectivity index (χ1n) is 8.56. The Balaban J connectivity index is 1.94. The summed E-state index contributed by atoms with van der Waals surface area (Å²) >= 11 is 0. The van der Waals surface area contributed by atoms with Gasteiger partial charge >= 0.3 is 0 Å². The van der Waals surface area contributed by atoms with E-state index < -0.39 is 28.5 Å². The SMILES string of the molecule is COc1nc(NS(=O)(=O)c2c[nH]c3cc(C(C)(C)O)ccc23)ncc1CC(F)F. The van der Waals surface area contributed by atoms with Crippen LogP contribution in [0.1, 0.15) is 25.0 Å². The van der Waals surface area contributed by atoms with Crippen LogP contribution in [-0.4, -0.2) is 42.0 Å². The van der Waals surface area contributed by atoms with Crippen LogP contribution in [0.25, 0.3) is 10.9 Å². The number of nitrogens with one attached hydrogen (secondary N) is 2. The van der Waals surface area contributed by atoms with Crippen molar-refractivity contribution in [2.45, 2.75) is 37.2 Å². The Labute approximate surface area is 166 Å². The van der Waals surface area contributed by atoms with E-state index in [0.717, 1.165) is 6.20 Å². The lowest BCUT2D eigenvalue weighted by atomic mass is 9.98. The van der Waals surface area contributed by atoms with Gasteiger partial charge in [-0.25, -0.2) is 26.9 Å². The number of aromatic amines is 1. The fourth-order valence-corrected chi connectivity index (χ4v) is 3.93. The zero-order valence-corrected chi connectivity index (χ0v) is 16.7. The fourth-order valence-electron chi connectivity index (χ4n) is 2.80. The third-order valence-corrected chi connectivity index (χ3v) is 5.63. The molecule has 0 atom stereocenters. The maximum absolute atomic E-state index is 12.8. The molecule has 29 heavy (non-hydrogen) atoms. The van der Waals surface area contributed by atoms with E-state index in [9.17, 15) is 22.3 Å². The summed E-state index contributed by atoms with van der Waals surface area (Å²) < 4.78 is 58.0. The second-order valence-corrected chi connectivity index (χ2v) is 8.55. The van der Waals surface area contributed by atoms with Crippen molar-refractivity contribution in [2.75, 3.05) is 11.8 Å². The van der Waals surface area contributed by atoms with Gasteiger partial charge in [0.15, 0.2) is 0 Å². The van der Waals surface area contributed by atoms with E-state index in [1.54, 1.807) is 32.0 Å². The number of nitrogens with zero attached hydrogens (tertiary/aromatic N) is 2. The summed E-state index contributed by atoms with van der Waals surface area (Å²) in [5.74, 6) is -0.436. The molecule has 156 valence electrons. The van der Waals surface area contributed by atoms with E-state index >= 15 is 0 Å². The molecule has 0 bridgehead atoms. The first-order chi connectivity index (χ1) is 13.5. The molecule has 0 radical (unpaired) electrons. The van der Waals surface area contributed by atoms with E-state index in [2.05, 4.69) is 19.7 Å². The van der Waals surface area contributed by atoms with Crippen LogP contribution in [0.4, 0.5) is 14.7 Å². The molecule has 3 aromatic rings. The highest BCUT2D eigenvalue weighted by Crippen LogP contribution is 2.29. The number of aliphatic hydroxyl groups is 1. The van der Waals surface area contributed by atoms with Crippen molar-refractivity contribution in [3.8, 4) is 5.88 Å². The summed E-state index contributed by atoms with van der Waals surface area (Å²) in [5.41, 5.74) is 0.125. The number of sulfonamides is 1. The van der Waals surface area contributed by atoms with Gasteiger partial charge in [-0.3, -0.25) is 0 Å². The van der Waals surface area contributed by atoms with Crippen molar-refractivity contribution in [3.63, 3.8) is 0 Å². The molecular weight excluding hydrogens is 406 g/mol. The molecule has 0 spiro atoms. The van der Waals surface area contributed by atoms with Gasteiger partial charge in [-0.15, -0.1) is 0 Å². The number of halogens is 2. The molecule has 11 heteroatoms. The molecule has 3 rings (SSSR count). The standard InChI is InChI=1S/C18H20F2N4O4S/c1-18(2,25)11-4-5-12-13(7-11)21-9-14(12)29(26,27)24-17-22-8-10(6-15(19)20)16(23-17)28-3/h4-5,7-9,15,21,25H,6H2,1-3H3,(H,22,23,24). The summed E-state index contributed by atoms with van der Waals surface area (Å²) in [6.45, 7) is 3.25. The van der Waals surface area contributed by atoms with Crippen molar-refractivity contribution >= 4 is 26.9 Å². The van der Waals surface area contributed by atoms with E-state index in [1.165, 1.54) is 13.3 Å². The lowest BCUT2D eigenvalue weighted by Crippen LogP contribution is -2.16. The molecule has 0 saturated carbocycles. The Bertz CT molecular complexity index is 1140. The number of rotatable bonds is 7. The summed E-state index contributed by atoms with van der Waals surface area (Å²) in [7, 11) is -2.83. The molecule has 3 N–H and O–H groups in total. The highest BCUT2D eigenvalue weighted by atomic mass is 32.2. The van der Waals surface area contributed by atoms with Gasteiger partial charge in [0.25, 0.3) is 10.0 Å². The summed E-state index contributed by atoms with van der Waals surface area (Å²) in [6, 6.07) is 4.88. The van der Waals surface area contributed by atoms with Crippen molar-refractivity contribution in [1.82, 2.24) is 15.0 Å². The van der Waals surface area contributed by atoms with Crippen LogP contribution in [0.15, 0.2) is 35.5 Å². The predicted octanol–water partition coefficient (Wildman–Crippen LogP) is 2.80. The largest absolute Gasteiger partial charge is 0.481 e. The van der Waals surface area contributed by atoms with Crippen LogP contribution in [0.5, 0.6) is 5.88 Å². The molecule has 0 amide bonds. The zero-order chi connectivity index (χ0) is 21.4. The second-order valence-electron chi connectivity index (χ2n) is 6.90. The lowest BCUT2D eigenvalue weighted by molar-refractivity contribution is 0.0787. The smallest absolute Gasteiger partial charge is 0.266 e. The van der Waals surface area contributed by atoms with Crippen LogP contribution in [0, 0.1) is 0 Å². The lowest BCUT2D eigenvalue weighted by Gasteiger charge is -2.17. The van der Waals surface area contributed by atoms with E-state index in [1.807, 2.05) is 0 Å². The average molecular weight is 426 g/mol. The second kappa shape index (κ2) is 7.56. The Morgan fingerprint density at radius 2 is 2.07 bits per heavy atom. The summed E-state index contributed by atoms with van der Waals surface area (Å²) in [6.07, 6.45) is -0.818. The minimum atomic E-state index is -4.08. The molecule has 1 aromatic carbocycles. The minimum Gasteiger partial charge on any atom is -0.481 e. The van der Waals surface area contributed by atoms with E-state index in [4.69, 9.17) is 4.74 Å². The quantitative estimate of drug-likeness (QED) is 0.535. The van der Waals surface area contributed by atoms with Gasteiger partial charge in [-0.1, -0.05) is 12.1 Å².